The lowest BCUT2D eigenvalue weighted by molar-refractivity contribution is -0.140. The zero-order chi connectivity index (χ0) is 14.0. The fourth-order valence-corrected chi connectivity index (χ4v) is 3.20. The van der Waals surface area contributed by atoms with Gasteiger partial charge in [-0.05, 0) is 48.4 Å². The molecule has 0 saturated heterocycles. The molecule has 3 N–H and O–H groups in total. The van der Waals surface area contributed by atoms with E-state index in [1.165, 1.54) is 0 Å². The smallest absolute Gasteiger partial charge is 0.311 e. The molecule has 1 fully saturated rings. The van der Waals surface area contributed by atoms with E-state index in [2.05, 4.69) is 6.92 Å². The highest BCUT2D eigenvalue weighted by Gasteiger charge is 2.33. The van der Waals surface area contributed by atoms with Crippen molar-refractivity contribution in [2.24, 2.45) is 11.8 Å². The number of rotatable bonds is 3. The predicted molar refractivity (Wildman–Crippen MR) is 77.4 cm³/mol. The number of carbonyl (C=O) groups is 1. The maximum atomic E-state index is 11.6. The first-order chi connectivity index (χ1) is 8.99. The van der Waals surface area contributed by atoms with E-state index in [1.807, 2.05) is 0 Å². The molecule has 1 atom stereocenters. The lowest BCUT2D eigenvalue weighted by atomic mass is 9.73. The van der Waals surface area contributed by atoms with Crippen molar-refractivity contribution in [1.82, 2.24) is 0 Å². The summed E-state index contributed by atoms with van der Waals surface area (Å²) in [6.45, 7) is 2.22. The number of benzene rings is 1. The quantitative estimate of drug-likeness (QED) is 0.826. The van der Waals surface area contributed by atoms with E-state index in [1.54, 1.807) is 18.2 Å². The van der Waals surface area contributed by atoms with Crippen molar-refractivity contribution in [1.29, 1.82) is 0 Å². The van der Waals surface area contributed by atoms with Crippen LogP contribution in [0.25, 0.3) is 0 Å². The Bertz CT molecular complexity index is 467. The Labute approximate surface area is 118 Å². The Hall–Kier alpha value is -1.22. The van der Waals surface area contributed by atoms with Crippen molar-refractivity contribution < 1.29 is 9.90 Å². The second-order valence-electron chi connectivity index (χ2n) is 5.61. The van der Waals surface area contributed by atoms with Crippen molar-refractivity contribution in [2.75, 3.05) is 5.73 Å². The minimum Gasteiger partial charge on any atom is -0.481 e. The highest BCUT2D eigenvalue weighted by Crippen LogP contribution is 2.40. The van der Waals surface area contributed by atoms with Gasteiger partial charge in [-0.3, -0.25) is 4.79 Å². The average molecular weight is 282 g/mol. The van der Waals surface area contributed by atoms with Gasteiger partial charge in [-0.2, -0.15) is 0 Å². The summed E-state index contributed by atoms with van der Waals surface area (Å²) in [7, 11) is 0. The Kier molecular flexibility index (Phi) is 4.35. The largest absolute Gasteiger partial charge is 0.481 e. The Balaban J connectivity index is 2.30. The summed E-state index contributed by atoms with van der Waals surface area (Å²) in [4.78, 5) is 11.6. The highest BCUT2D eigenvalue weighted by atomic mass is 35.5. The normalized spacial score (nSPS) is 24.9. The van der Waals surface area contributed by atoms with Gasteiger partial charge in [-0.1, -0.05) is 31.4 Å². The average Bonchev–Trinajstić information content (AvgIpc) is 2.36. The van der Waals surface area contributed by atoms with E-state index in [9.17, 15) is 9.90 Å². The topological polar surface area (TPSA) is 63.3 Å². The molecule has 104 valence electrons. The number of carboxylic acids is 1. The molecule has 1 aromatic carbocycles. The number of carboxylic acid groups (broad SMARTS) is 1. The second-order valence-corrected chi connectivity index (χ2v) is 6.05. The minimum atomic E-state index is -0.798. The van der Waals surface area contributed by atoms with E-state index in [0.29, 0.717) is 22.2 Å². The molecule has 3 nitrogen and oxygen atoms in total. The first-order valence-electron chi connectivity index (χ1n) is 6.76. The molecule has 1 unspecified atom stereocenters. The van der Waals surface area contributed by atoms with Gasteiger partial charge < -0.3 is 10.8 Å². The van der Waals surface area contributed by atoms with Gasteiger partial charge in [0.15, 0.2) is 0 Å². The summed E-state index contributed by atoms with van der Waals surface area (Å²) >= 11 is 5.98. The van der Waals surface area contributed by atoms with Crippen LogP contribution in [0.2, 0.25) is 5.02 Å². The van der Waals surface area contributed by atoms with Crippen LogP contribution >= 0.6 is 11.6 Å². The van der Waals surface area contributed by atoms with Crippen LogP contribution in [0.15, 0.2) is 18.2 Å². The molecule has 19 heavy (non-hydrogen) atoms. The molecule has 0 spiro atoms. The molecule has 1 aliphatic carbocycles. The van der Waals surface area contributed by atoms with Crippen LogP contribution < -0.4 is 5.73 Å². The summed E-state index contributed by atoms with van der Waals surface area (Å²) in [5.74, 6) is -0.475. The molecular weight excluding hydrogens is 262 g/mol. The number of anilines is 1. The molecule has 0 aliphatic heterocycles. The van der Waals surface area contributed by atoms with Crippen LogP contribution in [0.4, 0.5) is 5.69 Å². The summed E-state index contributed by atoms with van der Waals surface area (Å²) in [5.41, 5.74) is 7.13. The zero-order valence-corrected chi connectivity index (χ0v) is 11.9. The third kappa shape index (κ3) is 3.21. The zero-order valence-electron chi connectivity index (χ0n) is 11.1. The van der Waals surface area contributed by atoms with E-state index >= 15 is 0 Å². The number of halogens is 1. The third-order valence-electron chi connectivity index (χ3n) is 4.18. The van der Waals surface area contributed by atoms with Crippen LogP contribution in [0.3, 0.4) is 0 Å². The fraction of sp³-hybridized carbons (Fsp3) is 0.533. The van der Waals surface area contributed by atoms with Gasteiger partial charge in [0.2, 0.25) is 0 Å². The Morgan fingerprint density at radius 2 is 2.00 bits per heavy atom. The van der Waals surface area contributed by atoms with Crippen molar-refractivity contribution in [2.45, 2.75) is 38.5 Å². The maximum absolute atomic E-state index is 11.6. The lowest BCUT2D eigenvalue weighted by Crippen LogP contribution is -2.26. The van der Waals surface area contributed by atoms with E-state index in [0.717, 1.165) is 25.7 Å². The van der Waals surface area contributed by atoms with Crippen LogP contribution in [0, 0.1) is 11.8 Å². The van der Waals surface area contributed by atoms with Gasteiger partial charge in [0.1, 0.15) is 0 Å². The lowest BCUT2D eigenvalue weighted by Gasteiger charge is -2.31. The summed E-state index contributed by atoms with van der Waals surface area (Å²) in [6.07, 6.45) is 4.08. The van der Waals surface area contributed by atoms with Gasteiger partial charge >= 0.3 is 5.97 Å². The molecule has 0 aromatic heterocycles. The van der Waals surface area contributed by atoms with Gasteiger partial charge in [-0.15, -0.1) is 0 Å². The Morgan fingerprint density at radius 3 is 2.58 bits per heavy atom. The predicted octanol–water partition coefficient (Wildman–Crippen LogP) is 3.92. The SMILES string of the molecule is CC1CCC(C(C(=O)O)c2cc(Cl)ccc2N)CC1. The first kappa shape index (κ1) is 14.2. The number of hydrogen-bond acceptors (Lipinski definition) is 2. The number of nitrogens with two attached hydrogens (primary N) is 1. The second kappa shape index (κ2) is 5.83. The van der Waals surface area contributed by atoms with Crippen LogP contribution in [-0.4, -0.2) is 11.1 Å². The van der Waals surface area contributed by atoms with Crippen LogP contribution in [-0.2, 0) is 4.79 Å². The van der Waals surface area contributed by atoms with Crippen molar-refractivity contribution >= 4 is 23.3 Å². The molecule has 2 rings (SSSR count). The number of nitrogen functional groups attached to an aromatic ring is 1. The molecule has 1 saturated carbocycles. The minimum absolute atomic E-state index is 0.162. The standard InChI is InChI=1S/C15H20ClNO2/c1-9-2-4-10(5-3-9)14(15(18)19)12-8-11(16)6-7-13(12)17/h6-10,14H,2-5,17H2,1H3,(H,18,19). The monoisotopic (exact) mass is 281 g/mol. The summed E-state index contributed by atoms with van der Waals surface area (Å²) in [5, 5.41) is 10.1. The molecule has 0 radical (unpaired) electrons. The van der Waals surface area contributed by atoms with E-state index in [4.69, 9.17) is 17.3 Å². The number of aliphatic carboxylic acids is 1. The van der Waals surface area contributed by atoms with Gasteiger partial charge in [0.25, 0.3) is 0 Å². The summed E-state index contributed by atoms with van der Waals surface area (Å²) < 4.78 is 0. The fourth-order valence-electron chi connectivity index (χ4n) is 3.02. The molecule has 1 aliphatic rings. The number of hydrogen-bond donors (Lipinski definition) is 2. The molecule has 0 heterocycles. The van der Waals surface area contributed by atoms with Gasteiger partial charge in [-0.25, -0.2) is 0 Å². The van der Waals surface area contributed by atoms with Gasteiger partial charge in [0.05, 0.1) is 5.92 Å². The molecule has 0 bridgehead atoms. The maximum Gasteiger partial charge on any atom is 0.311 e. The molecular formula is C15H20ClNO2. The summed E-state index contributed by atoms with van der Waals surface area (Å²) in [6, 6.07) is 5.09. The molecule has 4 heteroatoms. The van der Waals surface area contributed by atoms with Crippen LogP contribution in [0.1, 0.15) is 44.1 Å². The molecule has 1 aromatic rings. The first-order valence-corrected chi connectivity index (χ1v) is 7.14. The third-order valence-corrected chi connectivity index (χ3v) is 4.42. The van der Waals surface area contributed by atoms with Crippen molar-refractivity contribution in [3.63, 3.8) is 0 Å². The van der Waals surface area contributed by atoms with Crippen molar-refractivity contribution in [3.8, 4) is 0 Å². The highest BCUT2D eigenvalue weighted by molar-refractivity contribution is 6.30. The van der Waals surface area contributed by atoms with E-state index < -0.39 is 11.9 Å². The van der Waals surface area contributed by atoms with Crippen molar-refractivity contribution in [3.05, 3.63) is 28.8 Å². The van der Waals surface area contributed by atoms with Gasteiger partial charge in [0, 0.05) is 10.7 Å². The van der Waals surface area contributed by atoms with E-state index in [-0.39, 0.29) is 5.92 Å². The Morgan fingerprint density at radius 1 is 1.37 bits per heavy atom. The van der Waals surface area contributed by atoms with Crippen LogP contribution in [0.5, 0.6) is 0 Å². The molecule has 0 amide bonds.